The SMILES string of the molecule is Cc1cc(Br)ccc1C(=O)Nc1ccc(N2CCOCC2)cc1N1CCOCC1. The minimum atomic E-state index is -0.0939. The Hall–Kier alpha value is -2.09. The van der Waals surface area contributed by atoms with Crippen LogP contribution in [0.1, 0.15) is 15.9 Å². The van der Waals surface area contributed by atoms with E-state index >= 15 is 0 Å². The number of carbonyl (C=O) groups is 1. The highest BCUT2D eigenvalue weighted by molar-refractivity contribution is 9.10. The predicted molar refractivity (Wildman–Crippen MR) is 119 cm³/mol. The molecule has 6 nitrogen and oxygen atoms in total. The summed E-state index contributed by atoms with van der Waals surface area (Å²) in [6.07, 6.45) is 0. The van der Waals surface area contributed by atoms with Gasteiger partial charge in [0.2, 0.25) is 0 Å². The maximum absolute atomic E-state index is 13.0. The highest BCUT2D eigenvalue weighted by atomic mass is 79.9. The average Bonchev–Trinajstić information content (AvgIpc) is 2.75. The summed E-state index contributed by atoms with van der Waals surface area (Å²) in [4.78, 5) is 17.6. The van der Waals surface area contributed by atoms with Gasteiger partial charge < -0.3 is 24.6 Å². The first-order valence-electron chi connectivity index (χ1n) is 9.99. The van der Waals surface area contributed by atoms with Gasteiger partial charge in [-0.2, -0.15) is 0 Å². The van der Waals surface area contributed by atoms with Gasteiger partial charge in [-0.15, -0.1) is 0 Å². The lowest BCUT2D eigenvalue weighted by molar-refractivity contribution is 0.102. The number of hydrogen-bond donors (Lipinski definition) is 1. The van der Waals surface area contributed by atoms with Crippen molar-refractivity contribution in [1.82, 2.24) is 0 Å². The van der Waals surface area contributed by atoms with Crippen molar-refractivity contribution in [3.8, 4) is 0 Å². The van der Waals surface area contributed by atoms with Gasteiger partial charge in [0.15, 0.2) is 0 Å². The zero-order chi connectivity index (χ0) is 20.2. The zero-order valence-electron chi connectivity index (χ0n) is 16.6. The van der Waals surface area contributed by atoms with Gasteiger partial charge in [0.25, 0.3) is 5.91 Å². The number of hydrogen-bond acceptors (Lipinski definition) is 5. The summed E-state index contributed by atoms with van der Waals surface area (Å²) < 4.78 is 12.0. The van der Waals surface area contributed by atoms with Crippen LogP contribution in [0.15, 0.2) is 40.9 Å². The molecule has 1 N–H and O–H groups in total. The van der Waals surface area contributed by atoms with Gasteiger partial charge in [-0.25, -0.2) is 0 Å². The summed E-state index contributed by atoms with van der Waals surface area (Å²) in [5.74, 6) is -0.0939. The van der Waals surface area contributed by atoms with Crippen molar-refractivity contribution in [3.63, 3.8) is 0 Å². The molecular formula is C22H26BrN3O3. The molecule has 154 valence electrons. The molecule has 4 rings (SSSR count). The van der Waals surface area contributed by atoms with Crippen molar-refractivity contribution in [2.24, 2.45) is 0 Å². The highest BCUT2D eigenvalue weighted by Gasteiger charge is 2.20. The molecule has 2 heterocycles. The molecule has 2 aliphatic rings. The van der Waals surface area contributed by atoms with Crippen LogP contribution >= 0.6 is 15.9 Å². The summed E-state index contributed by atoms with van der Waals surface area (Å²) in [6.45, 7) is 8.21. The van der Waals surface area contributed by atoms with E-state index in [2.05, 4.69) is 43.2 Å². The average molecular weight is 460 g/mol. The molecule has 0 unspecified atom stereocenters. The Morgan fingerprint density at radius 3 is 2.24 bits per heavy atom. The lowest BCUT2D eigenvalue weighted by atomic mass is 10.1. The van der Waals surface area contributed by atoms with Crippen LogP contribution in [-0.4, -0.2) is 58.5 Å². The summed E-state index contributed by atoms with van der Waals surface area (Å²) in [6, 6.07) is 12.0. The van der Waals surface area contributed by atoms with E-state index in [0.717, 1.165) is 66.5 Å². The van der Waals surface area contributed by atoms with Crippen LogP contribution in [0.5, 0.6) is 0 Å². The molecule has 0 atom stereocenters. The van der Waals surface area contributed by atoms with Crippen molar-refractivity contribution >= 4 is 38.9 Å². The molecule has 0 bridgehead atoms. The molecule has 0 spiro atoms. The molecule has 1 amide bonds. The molecule has 0 aliphatic carbocycles. The number of nitrogens with zero attached hydrogens (tertiary/aromatic N) is 2. The fraction of sp³-hybridized carbons (Fsp3) is 0.409. The molecule has 0 aromatic heterocycles. The molecule has 2 aromatic carbocycles. The Bertz CT molecular complexity index is 878. The van der Waals surface area contributed by atoms with Crippen molar-refractivity contribution in [3.05, 3.63) is 52.0 Å². The van der Waals surface area contributed by atoms with Crippen LogP contribution in [0.3, 0.4) is 0 Å². The number of morpholine rings is 2. The Labute approximate surface area is 179 Å². The van der Waals surface area contributed by atoms with Gasteiger partial charge in [-0.1, -0.05) is 15.9 Å². The number of amides is 1. The van der Waals surface area contributed by atoms with E-state index in [-0.39, 0.29) is 5.91 Å². The minimum absolute atomic E-state index is 0.0939. The van der Waals surface area contributed by atoms with Crippen molar-refractivity contribution < 1.29 is 14.3 Å². The molecular weight excluding hydrogens is 434 g/mol. The molecule has 2 fully saturated rings. The summed E-state index contributed by atoms with van der Waals surface area (Å²) in [7, 11) is 0. The van der Waals surface area contributed by atoms with E-state index in [1.165, 1.54) is 0 Å². The Kier molecular flexibility index (Phi) is 6.37. The lowest BCUT2D eigenvalue weighted by Crippen LogP contribution is -2.38. The topological polar surface area (TPSA) is 54.0 Å². The van der Waals surface area contributed by atoms with E-state index in [9.17, 15) is 4.79 Å². The number of aryl methyl sites for hydroxylation is 1. The van der Waals surface area contributed by atoms with Gasteiger partial charge >= 0.3 is 0 Å². The van der Waals surface area contributed by atoms with Crippen molar-refractivity contribution in [1.29, 1.82) is 0 Å². The van der Waals surface area contributed by atoms with E-state index in [0.29, 0.717) is 18.8 Å². The number of rotatable bonds is 4. The van der Waals surface area contributed by atoms with Crippen LogP contribution < -0.4 is 15.1 Å². The third kappa shape index (κ3) is 4.74. The van der Waals surface area contributed by atoms with Gasteiger partial charge in [-0.3, -0.25) is 4.79 Å². The monoisotopic (exact) mass is 459 g/mol. The second-order valence-electron chi connectivity index (χ2n) is 7.31. The first-order valence-corrected chi connectivity index (χ1v) is 10.8. The molecule has 0 radical (unpaired) electrons. The third-order valence-electron chi connectivity index (χ3n) is 5.39. The van der Waals surface area contributed by atoms with Gasteiger partial charge in [0.1, 0.15) is 0 Å². The van der Waals surface area contributed by atoms with Crippen LogP contribution in [0.2, 0.25) is 0 Å². The minimum Gasteiger partial charge on any atom is -0.378 e. The zero-order valence-corrected chi connectivity index (χ0v) is 18.2. The molecule has 29 heavy (non-hydrogen) atoms. The van der Waals surface area contributed by atoms with E-state index in [4.69, 9.17) is 9.47 Å². The lowest BCUT2D eigenvalue weighted by Gasteiger charge is -2.33. The fourth-order valence-electron chi connectivity index (χ4n) is 3.78. The van der Waals surface area contributed by atoms with E-state index in [1.807, 2.05) is 31.2 Å². The first-order chi connectivity index (χ1) is 14.1. The Morgan fingerprint density at radius 2 is 1.59 bits per heavy atom. The van der Waals surface area contributed by atoms with Gasteiger partial charge in [-0.05, 0) is 48.9 Å². The Morgan fingerprint density at radius 1 is 0.931 bits per heavy atom. The number of nitrogens with one attached hydrogen (secondary N) is 1. The van der Waals surface area contributed by atoms with Crippen LogP contribution in [0.25, 0.3) is 0 Å². The van der Waals surface area contributed by atoms with E-state index in [1.54, 1.807) is 0 Å². The number of ether oxygens (including phenoxy) is 2. The van der Waals surface area contributed by atoms with Crippen LogP contribution in [-0.2, 0) is 9.47 Å². The first kappa shape index (κ1) is 20.2. The van der Waals surface area contributed by atoms with Gasteiger partial charge in [0, 0.05) is 41.9 Å². The van der Waals surface area contributed by atoms with Gasteiger partial charge in [0.05, 0.1) is 37.8 Å². The quantitative estimate of drug-likeness (QED) is 0.755. The maximum atomic E-state index is 13.0. The number of anilines is 3. The smallest absolute Gasteiger partial charge is 0.255 e. The fourth-order valence-corrected chi connectivity index (χ4v) is 4.26. The maximum Gasteiger partial charge on any atom is 0.255 e. The van der Waals surface area contributed by atoms with Crippen molar-refractivity contribution in [2.75, 3.05) is 67.7 Å². The van der Waals surface area contributed by atoms with Crippen LogP contribution in [0, 0.1) is 6.92 Å². The predicted octanol–water partition coefficient (Wildman–Crippen LogP) is 3.68. The third-order valence-corrected chi connectivity index (χ3v) is 5.88. The second-order valence-corrected chi connectivity index (χ2v) is 8.23. The normalized spacial score (nSPS) is 17.3. The number of benzene rings is 2. The number of carbonyl (C=O) groups excluding carboxylic acids is 1. The summed E-state index contributed by atoms with van der Waals surface area (Å²) >= 11 is 3.46. The molecule has 0 saturated carbocycles. The Balaban J connectivity index is 1.62. The molecule has 7 heteroatoms. The van der Waals surface area contributed by atoms with Crippen LogP contribution in [0.4, 0.5) is 17.1 Å². The largest absolute Gasteiger partial charge is 0.378 e. The summed E-state index contributed by atoms with van der Waals surface area (Å²) in [5.41, 5.74) is 4.65. The van der Waals surface area contributed by atoms with Crippen molar-refractivity contribution in [2.45, 2.75) is 6.92 Å². The highest BCUT2D eigenvalue weighted by Crippen LogP contribution is 2.32. The number of halogens is 1. The molecule has 2 aromatic rings. The molecule has 2 aliphatic heterocycles. The standard InChI is InChI=1S/C22H26BrN3O3/c1-16-14-17(23)2-4-19(16)22(27)24-20-5-3-18(25-6-10-28-11-7-25)15-21(20)26-8-12-29-13-9-26/h2-5,14-15H,6-13H2,1H3,(H,24,27). The molecule has 2 saturated heterocycles. The summed E-state index contributed by atoms with van der Waals surface area (Å²) in [5, 5.41) is 3.13. The second kappa shape index (κ2) is 9.15. The van der Waals surface area contributed by atoms with E-state index < -0.39 is 0 Å².